The van der Waals surface area contributed by atoms with Crippen LogP contribution in [-0.4, -0.2) is 16.6 Å². The van der Waals surface area contributed by atoms with Gasteiger partial charge in [0, 0.05) is 34.0 Å². The zero-order chi connectivity index (χ0) is 21.3. The summed E-state index contributed by atoms with van der Waals surface area (Å²) >= 11 is 0. The van der Waals surface area contributed by atoms with E-state index in [4.69, 9.17) is 4.74 Å². The summed E-state index contributed by atoms with van der Waals surface area (Å²) in [5.74, 6) is 0.593. The van der Waals surface area contributed by atoms with Gasteiger partial charge in [-0.3, -0.25) is 4.79 Å². The molecule has 1 amide bonds. The molecule has 4 heteroatoms. The first kappa shape index (κ1) is 20.0. The predicted octanol–water partition coefficient (Wildman–Crippen LogP) is 6.23. The number of amides is 1. The minimum atomic E-state index is -0.542. The average Bonchev–Trinajstić information content (AvgIpc) is 3.07. The van der Waals surface area contributed by atoms with E-state index in [9.17, 15) is 4.79 Å². The molecule has 4 nitrogen and oxygen atoms in total. The Kier molecular flexibility index (Phi) is 5.49. The first-order chi connectivity index (χ1) is 14.5. The first-order valence-electron chi connectivity index (χ1n) is 10.6. The van der Waals surface area contributed by atoms with Crippen LogP contribution in [0.25, 0.3) is 21.8 Å². The molecule has 1 aromatic heterocycles. The fourth-order valence-corrected chi connectivity index (χ4v) is 3.97. The van der Waals surface area contributed by atoms with Gasteiger partial charge in [-0.25, -0.2) is 0 Å². The second kappa shape index (κ2) is 8.23. The van der Waals surface area contributed by atoms with Gasteiger partial charge in [0.25, 0.3) is 5.91 Å². The first-order valence-corrected chi connectivity index (χ1v) is 10.6. The molecule has 30 heavy (non-hydrogen) atoms. The van der Waals surface area contributed by atoms with Crippen molar-refractivity contribution in [3.05, 3.63) is 71.8 Å². The van der Waals surface area contributed by atoms with Crippen LogP contribution in [-0.2, 0) is 11.3 Å². The summed E-state index contributed by atoms with van der Waals surface area (Å²) in [4.78, 5) is 12.9. The Balaban J connectivity index is 1.60. The lowest BCUT2D eigenvalue weighted by atomic mass is 10.1. The minimum Gasteiger partial charge on any atom is -0.481 e. The maximum absolute atomic E-state index is 12.9. The molecule has 0 aliphatic carbocycles. The van der Waals surface area contributed by atoms with Crippen LogP contribution in [0.5, 0.6) is 5.75 Å². The van der Waals surface area contributed by atoms with E-state index in [1.165, 1.54) is 22.0 Å². The maximum Gasteiger partial charge on any atom is 0.265 e. The number of anilines is 1. The molecule has 0 aliphatic heterocycles. The molecule has 0 bridgehead atoms. The summed E-state index contributed by atoms with van der Waals surface area (Å²) in [6.45, 7) is 9.12. The Morgan fingerprint density at radius 1 is 0.933 bits per heavy atom. The standard InChI is InChI=1S/C26H28N2O2/c1-5-25(30-20-13-11-17(3)18(4)15-20)26(29)27-19-12-14-24-22(16-19)21-9-7-8-10-23(21)28(24)6-2/h7-16,25H,5-6H2,1-4H3,(H,27,29)/t25-/m1/s1. The number of carbonyl (C=O) groups excluding carboxylic acids is 1. The zero-order valence-electron chi connectivity index (χ0n) is 18.0. The summed E-state index contributed by atoms with van der Waals surface area (Å²) in [7, 11) is 0. The molecule has 0 fully saturated rings. The summed E-state index contributed by atoms with van der Waals surface area (Å²) < 4.78 is 8.30. The second-order valence-corrected chi connectivity index (χ2v) is 7.74. The lowest BCUT2D eigenvalue weighted by Crippen LogP contribution is -2.32. The van der Waals surface area contributed by atoms with Crippen LogP contribution in [0.1, 0.15) is 31.4 Å². The number of rotatable bonds is 6. The number of nitrogens with one attached hydrogen (secondary N) is 1. The van der Waals surface area contributed by atoms with Gasteiger partial charge >= 0.3 is 0 Å². The van der Waals surface area contributed by atoms with Crippen LogP contribution in [0, 0.1) is 13.8 Å². The molecule has 0 aliphatic rings. The molecule has 1 atom stereocenters. The quantitative estimate of drug-likeness (QED) is 0.417. The van der Waals surface area contributed by atoms with Crippen molar-refractivity contribution >= 4 is 33.4 Å². The molecule has 0 radical (unpaired) electrons. The Bertz CT molecular complexity index is 1220. The molecular formula is C26H28N2O2. The van der Waals surface area contributed by atoms with Crippen LogP contribution in [0.15, 0.2) is 60.7 Å². The van der Waals surface area contributed by atoms with Gasteiger partial charge < -0.3 is 14.6 Å². The normalized spacial score (nSPS) is 12.3. The van der Waals surface area contributed by atoms with Gasteiger partial charge in [-0.1, -0.05) is 31.2 Å². The Morgan fingerprint density at radius 2 is 1.70 bits per heavy atom. The molecule has 4 aromatic rings. The number of nitrogens with zero attached hydrogens (tertiary/aromatic N) is 1. The van der Waals surface area contributed by atoms with Crippen LogP contribution < -0.4 is 10.1 Å². The highest BCUT2D eigenvalue weighted by atomic mass is 16.5. The third kappa shape index (κ3) is 3.65. The van der Waals surface area contributed by atoms with E-state index in [2.05, 4.69) is 60.1 Å². The molecule has 4 rings (SSSR count). The summed E-state index contributed by atoms with van der Waals surface area (Å²) in [5, 5.41) is 5.39. The van der Waals surface area contributed by atoms with E-state index in [0.717, 1.165) is 28.9 Å². The highest BCUT2D eigenvalue weighted by molar-refractivity contribution is 6.10. The van der Waals surface area contributed by atoms with Crippen LogP contribution in [0.3, 0.4) is 0 Å². The van der Waals surface area contributed by atoms with Gasteiger partial charge in [0.15, 0.2) is 6.10 Å². The third-order valence-corrected chi connectivity index (χ3v) is 5.78. The third-order valence-electron chi connectivity index (χ3n) is 5.78. The number of para-hydroxylation sites is 1. The number of hydrogen-bond acceptors (Lipinski definition) is 2. The number of benzene rings is 3. The molecule has 3 aromatic carbocycles. The van der Waals surface area contributed by atoms with Crippen molar-refractivity contribution in [1.29, 1.82) is 0 Å². The molecule has 0 unspecified atom stereocenters. The Morgan fingerprint density at radius 3 is 2.43 bits per heavy atom. The lowest BCUT2D eigenvalue weighted by Gasteiger charge is -2.18. The summed E-state index contributed by atoms with van der Waals surface area (Å²) in [5.41, 5.74) is 5.53. The maximum atomic E-state index is 12.9. The van der Waals surface area contributed by atoms with E-state index in [1.54, 1.807) is 0 Å². The van der Waals surface area contributed by atoms with E-state index in [0.29, 0.717) is 6.42 Å². The highest BCUT2D eigenvalue weighted by Gasteiger charge is 2.19. The molecule has 154 valence electrons. The molecule has 1 heterocycles. The van der Waals surface area contributed by atoms with Crippen molar-refractivity contribution in [1.82, 2.24) is 4.57 Å². The number of aryl methyl sites for hydroxylation is 3. The number of fused-ring (bicyclic) bond motifs is 3. The topological polar surface area (TPSA) is 43.3 Å². The number of hydrogen-bond donors (Lipinski definition) is 1. The summed E-state index contributed by atoms with van der Waals surface area (Å²) in [6.07, 6.45) is 0.0515. The van der Waals surface area contributed by atoms with E-state index in [1.807, 2.05) is 38.1 Å². The van der Waals surface area contributed by atoms with Crippen molar-refractivity contribution in [3.63, 3.8) is 0 Å². The summed E-state index contributed by atoms with van der Waals surface area (Å²) in [6, 6.07) is 20.4. The SMILES string of the molecule is CC[C@@H](Oc1ccc(C)c(C)c1)C(=O)Nc1ccc2c(c1)c1ccccc1n2CC. The van der Waals surface area contributed by atoms with Gasteiger partial charge in [0.2, 0.25) is 0 Å². The van der Waals surface area contributed by atoms with Gasteiger partial charge in [0.05, 0.1) is 0 Å². The largest absolute Gasteiger partial charge is 0.481 e. The van der Waals surface area contributed by atoms with Gasteiger partial charge in [-0.2, -0.15) is 0 Å². The minimum absolute atomic E-state index is 0.130. The van der Waals surface area contributed by atoms with E-state index in [-0.39, 0.29) is 5.91 Å². The van der Waals surface area contributed by atoms with E-state index >= 15 is 0 Å². The van der Waals surface area contributed by atoms with Crippen molar-refractivity contribution in [3.8, 4) is 5.75 Å². The monoisotopic (exact) mass is 400 g/mol. The molecule has 1 N–H and O–H groups in total. The van der Waals surface area contributed by atoms with Crippen molar-refractivity contribution in [2.75, 3.05) is 5.32 Å². The molecular weight excluding hydrogens is 372 g/mol. The van der Waals surface area contributed by atoms with Gasteiger partial charge in [0.1, 0.15) is 5.75 Å². The van der Waals surface area contributed by atoms with Crippen molar-refractivity contribution in [2.45, 2.75) is 46.8 Å². The Hall–Kier alpha value is -3.27. The van der Waals surface area contributed by atoms with Crippen molar-refractivity contribution in [2.24, 2.45) is 0 Å². The predicted molar refractivity (Wildman–Crippen MR) is 124 cm³/mol. The lowest BCUT2D eigenvalue weighted by molar-refractivity contribution is -0.122. The fourth-order valence-electron chi connectivity index (χ4n) is 3.97. The van der Waals surface area contributed by atoms with Crippen LogP contribution in [0.4, 0.5) is 5.69 Å². The van der Waals surface area contributed by atoms with Crippen LogP contribution >= 0.6 is 0 Å². The number of carbonyl (C=O) groups is 1. The zero-order valence-corrected chi connectivity index (χ0v) is 18.0. The fraction of sp³-hybridized carbons (Fsp3) is 0.269. The highest BCUT2D eigenvalue weighted by Crippen LogP contribution is 2.31. The van der Waals surface area contributed by atoms with Gasteiger partial charge in [-0.15, -0.1) is 0 Å². The molecule has 0 saturated carbocycles. The second-order valence-electron chi connectivity index (χ2n) is 7.74. The number of aromatic nitrogens is 1. The number of ether oxygens (including phenoxy) is 1. The Labute approximate surface area is 177 Å². The van der Waals surface area contributed by atoms with Gasteiger partial charge in [-0.05, 0) is 74.7 Å². The van der Waals surface area contributed by atoms with E-state index < -0.39 is 6.10 Å². The average molecular weight is 401 g/mol. The molecule has 0 spiro atoms. The van der Waals surface area contributed by atoms with Crippen molar-refractivity contribution < 1.29 is 9.53 Å². The smallest absolute Gasteiger partial charge is 0.265 e. The van der Waals surface area contributed by atoms with Crippen LogP contribution in [0.2, 0.25) is 0 Å². The molecule has 0 saturated heterocycles.